The van der Waals surface area contributed by atoms with Crippen LogP contribution in [0, 0.1) is 11.8 Å². The largest absolute Gasteiger partial charge is 0.462 e. The summed E-state index contributed by atoms with van der Waals surface area (Å²) in [4.78, 5) is 12.0. The van der Waals surface area contributed by atoms with Gasteiger partial charge in [0.2, 0.25) is 0 Å². The molecular formula is C24H32O4. The number of carbonyl (C=O) groups excluding carboxylic acids is 1. The second-order valence-corrected chi connectivity index (χ2v) is 8.12. The first-order valence-corrected chi connectivity index (χ1v) is 10.5. The average Bonchev–Trinajstić information content (AvgIpc) is 2.98. The van der Waals surface area contributed by atoms with Crippen LogP contribution in [-0.2, 0) is 16.0 Å². The Labute approximate surface area is 167 Å². The van der Waals surface area contributed by atoms with Gasteiger partial charge in [-0.3, -0.25) is 4.79 Å². The molecule has 1 aromatic carbocycles. The number of rotatable bonds is 5. The molecule has 1 aliphatic heterocycles. The molecule has 2 N–H and O–H groups in total. The van der Waals surface area contributed by atoms with Gasteiger partial charge in [0.25, 0.3) is 0 Å². The van der Waals surface area contributed by atoms with Crippen molar-refractivity contribution in [1.82, 2.24) is 0 Å². The second kappa shape index (κ2) is 10.0. The van der Waals surface area contributed by atoms with Gasteiger partial charge in [0.05, 0.1) is 12.2 Å². The van der Waals surface area contributed by atoms with Gasteiger partial charge in [-0.05, 0) is 44.6 Å². The van der Waals surface area contributed by atoms with Gasteiger partial charge < -0.3 is 14.9 Å². The smallest absolute Gasteiger partial charge is 0.306 e. The van der Waals surface area contributed by atoms with E-state index in [0.29, 0.717) is 19.3 Å². The molecule has 1 aliphatic carbocycles. The van der Waals surface area contributed by atoms with Crippen molar-refractivity contribution in [2.45, 2.75) is 70.2 Å². The average molecular weight is 385 g/mol. The zero-order chi connectivity index (χ0) is 19.9. The molecule has 3 rings (SSSR count). The molecule has 0 unspecified atom stereocenters. The summed E-state index contributed by atoms with van der Waals surface area (Å²) >= 11 is 0. The summed E-state index contributed by atoms with van der Waals surface area (Å²) in [5.41, 5.74) is 2.19. The number of aliphatic hydroxyl groups excluding tert-OH is 2. The Morgan fingerprint density at radius 2 is 2.07 bits per heavy atom. The lowest BCUT2D eigenvalue weighted by atomic mass is 9.84. The fourth-order valence-corrected chi connectivity index (χ4v) is 4.57. The maximum absolute atomic E-state index is 12.0. The number of benzene rings is 1. The van der Waals surface area contributed by atoms with Crippen LogP contribution in [0.15, 0.2) is 54.1 Å². The zero-order valence-electron chi connectivity index (χ0n) is 16.7. The van der Waals surface area contributed by atoms with Crippen molar-refractivity contribution >= 4 is 5.97 Å². The molecule has 1 fully saturated rings. The van der Waals surface area contributed by atoms with Crippen LogP contribution < -0.4 is 0 Å². The Balaban J connectivity index is 1.67. The number of hydrogen-bond acceptors (Lipinski definition) is 4. The van der Waals surface area contributed by atoms with Crippen LogP contribution in [0.2, 0.25) is 0 Å². The second-order valence-electron chi connectivity index (χ2n) is 8.12. The van der Waals surface area contributed by atoms with E-state index in [0.717, 1.165) is 31.3 Å². The quantitative estimate of drug-likeness (QED) is 0.596. The van der Waals surface area contributed by atoms with Gasteiger partial charge in [-0.25, -0.2) is 0 Å². The summed E-state index contributed by atoms with van der Waals surface area (Å²) in [6.07, 6.45) is 9.65. The summed E-state index contributed by atoms with van der Waals surface area (Å²) in [6, 6.07) is 10.1. The lowest BCUT2D eigenvalue weighted by Gasteiger charge is -2.26. The highest BCUT2D eigenvalue weighted by molar-refractivity contribution is 5.69. The van der Waals surface area contributed by atoms with Gasteiger partial charge >= 0.3 is 5.97 Å². The van der Waals surface area contributed by atoms with Crippen LogP contribution >= 0.6 is 0 Å². The number of allylic oxidation sites excluding steroid dienone is 2. The lowest BCUT2D eigenvalue weighted by molar-refractivity contribution is -0.151. The molecule has 0 spiro atoms. The van der Waals surface area contributed by atoms with Gasteiger partial charge in [-0.1, -0.05) is 54.1 Å². The molecule has 0 radical (unpaired) electrons. The third kappa shape index (κ3) is 5.55. The van der Waals surface area contributed by atoms with E-state index in [1.807, 2.05) is 31.2 Å². The van der Waals surface area contributed by atoms with Crippen molar-refractivity contribution < 1.29 is 19.7 Å². The van der Waals surface area contributed by atoms with Crippen LogP contribution in [0.4, 0.5) is 0 Å². The summed E-state index contributed by atoms with van der Waals surface area (Å²) in [5.74, 6) is -0.193. The van der Waals surface area contributed by atoms with Gasteiger partial charge in [0.15, 0.2) is 0 Å². The minimum atomic E-state index is -0.552. The van der Waals surface area contributed by atoms with Crippen molar-refractivity contribution in [2.24, 2.45) is 11.8 Å². The molecule has 0 saturated heterocycles. The molecule has 2 aliphatic rings. The molecule has 0 aromatic heterocycles. The van der Waals surface area contributed by atoms with Crippen LogP contribution in [0.5, 0.6) is 0 Å². The Kier molecular flexibility index (Phi) is 7.46. The van der Waals surface area contributed by atoms with Crippen LogP contribution in [0.1, 0.15) is 51.0 Å². The number of esters is 1. The highest BCUT2D eigenvalue weighted by Crippen LogP contribution is 2.42. The zero-order valence-corrected chi connectivity index (χ0v) is 16.7. The van der Waals surface area contributed by atoms with Crippen LogP contribution in [-0.4, -0.2) is 34.5 Å². The molecule has 28 heavy (non-hydrogen) atoms. The van der Waals surface area contributed by atoms with Crippen molar-refractivity contribution in [1.29, 1.82) is 0 Å². The van der Waals surface area contributed by atoms with E-state index in [1.54, 1.807) is 0 Å². The molecule has 1 heterocycles. The first-order chi connectivity index (χ1) is 13.5. The molecule has 1 aromatic rings. The molecule has 4 heteroatoms. The Morgan fingerprint density at radius 3 is 2.86 bits per heavy atom. The summed E-state index contributed by atoms with van der Waals surface area (Å²) < 4.78 is 5.69. The minimum Gasteiger partial charge on any atom is -0.462 e. The normalized spacial score (nSPS) is 31.0. The van der Waals surface area contributed by atoms with E-state index in [4.69, 9.17) is 4.74 Å². The minimum absolute atomic E-state index is 0.0610. The van der Waals surface area contributed by atoms with E-state index in [2.05, 4.69) is 24.3 Å². The van der Waals surface area contributed by atoms with E-state index in [9.17, 15) is 15.0 Å². The van der Waals surface area contributed by atoms with Gasteiger partial charge in [0.1, 0.15) is 6.10 Å². The fraction of sp³-hybridized carbons (Fsp3) is 0.542. The summed E-state index contributed by atoms with van der Waals surface area (Å²) in [5, 5.41) is 21.2. The topological polar surface area (TPSA) is 66.8 Å². The number of fused-ring (bicyclic) bond motifs is 1. The van der Waals surface area contributed by atoms with E-state index in [-0.39, 0.29) is 23.9 Å². The van der Waals surface area contributed by atoms with Gasteiger partial charge in [0, 0.05) is 24.7 Å². The summed E-state index contributed by atoms with van der Waals surface area (Å²) in [7, 11) is 0. The maximum Gasteiger partial charge on any atom is 0.306 e. The fourth-order valence-electron chi connectivity index (χ4n) is 4.57. The first kappa shape index (κ1) is 20.8. The Hall–Kier alpha value is -1.91. The van der Waals surface area contributed by atoms with Crippen molar-refractivity contribution in [2.75, 3.05) is 0 Å². The number of hydrogen-bond donors (Lipinski definition) is 2. The Bertz CT molecular complexity index is 694. The molecule has 1 saturated carbocycles. The number of aryl methyl sites for hydroxylation is 1. The molecular weight excluding hydrogens is 352 g/mol. The first-order valence-electron chi connectivity index (χ1n) is 10.5. The molecule has 152 valence electrons. The predicted molar refractivity (Wildman–Crippen MR) is 110 cm³/mol. The summed E-state index contributed by atoms with van der Waals surface area (Å²) in [6.45, 7) is 1.98. The van der Waals surface area contributed by atoms with E-state index >= 15 is 0 Å². The lowest BCUT2D eigenvalue weighted by Crippen LogP contribution is -2.27. The van der Waals surface area contributed by atoms with Crippen LogP contribution in [0.25, 0.3) is 0 Å². The predicted octanol–water partition coefficient (Wildman–Crippen LogP) is 3.97. The number of aliphatic hydroxyl groups is 2. The number of carbonyl (C=O) groups is 1. The third-order valence-corrected chi connectivity index (χ3v) is 5.99. The molecule has 0 bridgehead atoms. The van der Waals surface area contributed by atoms with Crippen molar-refractivity contribution in [3.63, 3.8) is 0 Å². The standard InChI is InChI=1S/C24H32O4/c1-17(15-19(25)14-13-18-9-5-4-6-10-18)24-20-11-7-2-3-8-12-23(27)28-22(20)16-21(24)26/h2,4-7,9-10,15,19-22,24-26H,3,8,11-14,16H2,1H3/b7-2-,17-15-/t19-,20-,21+,22-,24+/m0/s1. The molecule has 4 nitrogen and oxygen atoms in total. The third-order valence-electron chi connectivity index (χ3n) is 5.99. The molecule has 5 atom stereocenters. The Morgan fingerprint density at radius 1 is 1.29 bits per heavy atom. The SMILES string of the molecule is C/C(=C/[C@@H](O)CCc1ccccc1)[C@@H]1[C@H]2C/C=C\CCCC(=O)O[C@H]2C[C@H]1O. The maximum atomic E-state index is 12.0. The van der Waals surface area contributed by atoms with Gasteiger partial charge in [-0.15, -0.1) is 0 Å². The van der Waals surface area contributed by atoms with Gasteiger partial charge in [-0.2, -0.15) is 0 Å². The van der Waals surface area contributed by atoms with Crippen molar-refractivity contribution in [3.05, 3.63) is 59.7 Å². The van der Waals surface area contributed by atoms with Crippen LogP contribution in [0.3, 0.4) is 0 Å². The van der Waals surface area contributed by atoms with Crippen molar-refractivity contribution in [3.8, 4) is 0 Å². The highest BCUT2D eigenvalue weighted by Gasteiger charge is 2.44. The monoisotopic (exact) mass is 384 g/mol. The van der Waals surface area contributed by atoms with E-state index in [1.165, 1.54) is 5.56 Å². The molecule has 0 amide bonds. The highest BCUT2D eigenvalue weighted by atomic mass is 16.5. The number of ether oxygens (including phenoxy) is 1. The van der Waals surface area contributed by atoms with E-state index < -0.39 is 12.2 Å².